The lowest BCUT2D eigenvalue weighted by Crippen LogP contribution is -2.53. The normalized spacial score (nSPS) is 18.2. The summed E-state index contributed by atoms with van der Waals surface area (Å²) in [5, 5.41) is 7.63. The molecule has 1 atom stereocenters. The van der Waals surface area contributed by atoms with Gasteiger partial charge in [0.1, 0.15) is 0 Å². The van der Waals surface area contributed by atoms with Crippen LogP contribution in [0.3, 0.4) is 0 Å². The van der Waals surface area contributed by atoms with Crippen LogP contribution in [0.2, 0.25) is 0 Å². The Labute approximate surface area is 114 Å². The number of nitrogens with one attached hydrogen (secondary N) is 1. The predicted molar refractivity (Wildman–Crippen MR) is 74.6 cm³/mol. The van der Waals surface area contributed by atoms with Crippen LogP contribution in [0.1, 0.15) is 44.7 Å². The lowest BCUT2D eigenvalue weighted by molar-refractivity contribution is -0.124. The highest BCUT2D eigenvalue weighted by Gasteiger charge is 2.36. The summed E-state index contributed by atoms with van der Waals surface area (Å²) in [7, 11) is 0. The zero-order valence-corrected chi connectivity index (χ0v) is 11.9. The van der Waals surface area contributed by atoms with E-state index in [2.05, 4.69) is 17.3 Å². The van der Waals surface area contributed by atoms with Crippen molar-refractivity contribution >= 4 is 5.91 Å². The van der Waals surface area contributed by atoms with Gasteiger partial charge >= 0.3 is 0 Å². The van der Waals surface area contributed by atoms with Gasteiger partial charge in [-0.05, 0) is 52.0 Å². The van der Waals surface area contributed by atoms with Crippen molar-refractivity contribution < 1.29 is 4.79 Å². The topological polar surface area (TPSA) is 72.9 Å². The Morgan fingerprint density at radius 3 is 2.84 bits per heavy atom. The van der Waals surface area contributed by atoms with Gasteiger partial charge in [0.15, 0.2) is 0 Å². The monoisotopic (exact) mass is 264 g/mol. The van der Waals surface area contributed by atoms with Crippen molar-refractivity contribution in [2.75, 3.05) is 0 Å². The van der Waals surface area contributed by atoms with E-state index in [1.807, 2.05) is 23.9 Å². The molecule has 1 heterocycles. The average Bonchev–Trinajstić information content (AvgIpc) is 3.06. The zero-order valence-electron chi connectivity index (χ0n) is 11.9. The van der Waals surface area contributed by atoms with Gasteiger partial charge in [-0.25, -0.2) is 0 Å². The Kier molecular flexibility index (Phi) is 4.24. The molecule has 1 aromatic heterocycles. The Hall–Kier alpha value is -1.36. The van der Waals surface area contributed by atoms with E-state index in [1.54, 1.807) is 0 Å². The van der Waals surface area contributed by atoms with Gasteiger partial charge in [-0.15, -0.1) is 0 Å². The third-order valence-electron chi connectivity index (χ3n) is 3.87. The number of hydrogen-bond acceptors (Lipinski definition) is 3. The molecule has 0 bridgehead atoms. The van der Waals surface area contributed by atoms with Gasteiger partial charge in [0.25, 0.3) is 0 Å². The minimum atomic E-state index is -0.555. The number of unbranched alkanes of at least 4 members (excludes halogenated alkanes) is 1. The van der Waals surface area contributed by atoms with Crippen molar-refractivity contribution in [3.63, 3.8) is 0 Å². The standard InChI is InChI=1S/C14H24N4O/c1-11-7-9-16-18(11)10-4-3-8-14(2,13(15)19)17-12-5-6-12/h7,9,12,17H,3-6,8,10H2,1-2H3,(H2,15,19). The van der Waals surface area contributed by atoms with Crippen molar-refractivity contribution in [2.45, 2.75) is 64.1 Å². The summed E-state index contributed by atoms with van der Waals surface area (Å²) in [6, 6.07) is 2.49. The van der Waals surface area contributed by atoms with Crippen LogP contribution < -0.4 is 11.1 Å². The SMILES string of the molecule is Cc1ccnn1CCCCC(C)(NC1CC1)C(N)=O. The molecule has 106 valence electrons. The second-order valence-electron chi connectivity index (χ2n) is 5.77. The van der Waals surface area contributed by atoms with E-state index >= 15 is 0 Å². The third kappa shape index (κ3) is 3.80. The van der Waals surface area contributed by atoms with Crippen LogP contribution in [0, 0.1) is 6.92 Å². The molecule has 3 N–H and O–H groups in total. The molecule has 0 radical (unpaired) electrons. The fourth-order valence-corrected chi connectivity index (χ4v) is 2.32. The van der Waals surface area contributed by atoms with Crippen LogP contribution in [-0.4, -0.2) is 27.3 Å². The molecule has 1 amide bonds. The van der Waals surface area contributed by atoms with Gasteiger partial charge in [-0.3, -0.25) is 9.48 Å². The maximum absolute atomic E-state index is 11.6. The molecule has 2 rings (SSSR count). The van der Waals surface area contributed by atoms with Crippen LogP contribution in [0.4, 0.5) is 0 Å². The molecule has 1 unspecified atom stereocenters. The molecule has 0 saturated heterocycles. The Bertz CT molecular complexity index is 438. The van der Waals surface area contributed by atoms with E-state index in [-0.39, 0.29) is 5.91 Å². The molecule has 1 aliphatic carbocycles. The number of aryl methyl sites for hydroxylation is 2. The van der Waals surface area contributed by atoms with E-state index in [0.29, 0.717) is 6.04 Å². The van der Waals surface area contributed by atoms with Crippen LogP contribution in [0.5, 0.6) is 0 Å². The number of nitrogens with zero attached hydrogens (tertiary/aromatic N) is 2. The zero-order chi connectivity index (χ0) is 13.9. The van der Waals surface area contributed by atoms with E-state index in [1.165, 1.54) is 5.69 Å². The summed E-state index contributed by atoms with van der Waals surface area (Å²) in [5.41, 5.74) is 6.15. The third-order valence-corrected chi connectivity index (χ3v) is 3.87. The van der Waals surface area contributed by atoms with Crippen molar-refractivity contribution in [1.82, 2.24) is 15.1 Å². The maximum Gasteiger partial charge on any atom is 0.237 e. The fraction of sp³-hybridized carbons (Fsp3) is 0.714. The molecule has 1 fully saturated rings. The number of aromatic nitrogens is 2. The first-order chi connectivity index (χ1) is 9.01. The molecule has 1 aromatic rings. The van der Waals surface area contributed by atoms with Gasteiger partial charge in [-0.1, -0.05) is 0 Å². The van der Waals surface area contributed by atoms with Gasteiger partial charge in [0.05, 0.1) is 5.54 Å². The summed E-state index contributed by atoms with van der Waals surface area (Å²) in [4.78, 5) is 11.6. The molecule has 0 aromatic carbocycles. The Balaban J connectivity index is 1.76. The molecule has 0 spiro atoms. The van der Waals surface area contributed by atoms with Crippen LogP contribution in [0.15, 0.2) is 12.3 Å². The molecule has 19 heavy (non-hydrogen) atoms. The first kappa shape index (κ1) is 14.1. The van der Waals surface area contributed by atoms with Crippen molar-refractivity contribution in [2.24, 2.45) is 5.73 Å². The number of rotatable bonds is 8. The van der Waals surface area contributed by atoms with Crippen LogP contribution >= 0.6 is 0 Å². The van der Waals surface area contributed by atoms with E-state index in [0.717, 1.165) is 38.6 Å². The van der Waals surface area contributed by atoms with Crippen molar-refractivity contribution in [3.8, 4) is 0 Å². The van der Waals surface area contributed by atoms with Crippen molar-refractivity contribution in [1.29, 1.82) is 0 Å². The molecule has 1 saturated carbocycles. The summed E-state index contributed by atoms with van der Waals surface area (Å²) in [6.07, 6.45) is 6.91. The lowest BCUT2D eigenvalue weighted by Gasteiger charge is -2.27. The van der Waals surface area contributed by atoms with Gasteiger partial charge in [0, 0.05) is 24.5 Å². The van der Waals surface area contributed by atoms with Crippen LogP contribution in [0.25, 0.3) is 0 Å². The second-order valence-corrected chi connectivity index (χ2v) is 5.77. The first-order valence-corrected chi connectivity index (χ1v) is 7.07. The van der Waals surface area contributed by atoms with Gasteiger partial charge in [0.2, 0.25) is 5.91 Å². The van der Waals surface area contributed by atoms with Gasteiger partial charge in [-0.2, -0.15) is 5.10 Å². The maximum atomic E-state index is 11.6. The molecule has 5 nitrogen and oxygen atoms in total. The van der Waals surface area contributed by atoms with Crippen LogP contribution in [-0.2, 0) is 11.3 Å². The largest absolute Gasteiger partial charge is 0.368 e. The molecule has 1 aliphatic rings. The minimum Gasteiger partial charge on any atom is -0.368 e. The van der Waals surface area contributed by atoms with E-state index in [9.17, 15) is 4.79 Å². The average molecular weight is 264 g/mol. The number of carbonyl (C=O) groups excluding carboxylic acids is 1. The number of primary amides is 1. The summed E-state index contributed by atoms with van der Waals surface area (Å²) >= 11 is 0. The van der Waals surface area contributed by atoms with Crippen molar-refractivity contribution in [3.05, 3.63) is 18.0 Å². The smallest absolute Gasteiger partial charge is 0.237 e. The number of carbonyl (C=O) groups is 1. The number of nitrogens with two attached hydrogens (primary N) is 1. The number of amides is 1. The number of hydrogen-bond donors (Lipinski definition) is 2. The second kappa shape index (κ2) is 5.74. The molecule has 5 heteroatoms. The highest BCUT2D eigenvalue weighted by molar-refractivity contribution is 5.84. The minimum absolute atomic E-state index is 0.241. The molecular weight excluding hydrogens is 240 g/mol. The summed E-state index contributed by atoms with van der Waals surface area (Å²) in [5.74, 6) is -0.241. The summed E-state index contributed by atoms with van der Waals surface area (Å²) < 4.78 is 2.00. The highest BCUT2D eigenvalue weighted by Crippen LogP contribution is 2.25. The fourth-order valence-electron chi connectivity index (χ4n) is 2.32. The first-order valence-electron chi connectivity index (χ1n) is 7.07. The quantitative estimate of drug-likeness (QED) is 0.696. The predicted octanol–water partition coefficient (Wildman–Crippen LogP) is 1.36. The molecular formula is C14H24N4O. The van der Waals surface area contributed by atoms with Gasteiger partial charge < -0.3 is 11.1 Å². The summed E-state index contributed by atoms with van der Waals surface area (Å²) in [6.45, 7) is 4.87. The van der Waals surface area contributed by atoms with E-state index < -0.39 is 5.54 Å². The Morgan fingerprint density at radius 2 is 2.32 bits per heavy atom. The molecule has 0 aliphatic heterocycles. The lowest BCUT2D eigenvalue weighted by atomic mass is 9.93. The Morgan fingerprint density at radius 1 is 1.58 bits per heavy atom. The van der Waals surface area contributed by atoms with E-state index in [4.69, 9.17) is 5.73 Å². The highest BCUT2D eigenvalue weighted by atomic mass is 16.1.